The Hall–Kier alpha value is -1.20. The van der Waals surface area contributed by atoms with E-state index in [4.69, 9.17) is 0 Å². The van der Waals surface area contributed by atoms with Gasteiger partial charge in [0.1, 0.15) is 0 Å². The lowest BCUT2D eigenvalue weighted by molar-refractivity contribution is 0.551. The number of likely N-dealkylation sites (N-methyl/N-ethyl adjacent to an activating group) is 1. The second-order valence-electron chi connectivity index (χ2n) is 5.15. The smallest absolute Gasteiger partial charge is 0.0846 e. The lowest BCUT2D eigenvalue weighted by Gasteiger charge is -2.14. The summed E-state index contributed by atoms with van der Waals surface area (Å²) in [6, 6.07) is 2.77. The fraction of sp³-hybridized carbons (Fsp3) is 0.571. The molecule has 0 aliphatic heterocycles. The molecule has 0 amide bonds. The Morgan fingerprint density at radius 3 is 3.05 bits per heavy atom. The molecule has 0 fully saturated rings. The second kappa shape index (κ2) is 5.43. The molecule has 0 aromatic carbocycles. The molecule has 1 atom stereocenters. The number of thiophene rings is 1. The molecule has 2 heterocycles. The third kappa shape index (κ3) is 2.72. The maximum Gasteiger partial charge on any atom is 0.0846 e. The van der Waals surface area contributed by atoms with Crippen LogP contribution in [0.2, 0.25) is 0 Å². The van der Waals surface area contributed by atoms with E-state index in [1.807, 2.05) is 24.6 Å². The van der Waals surface area contributed by atoms with E-state index in [0.717, 1.165) is 18.7 Å². The molecule has 4 nitrogen and oxygen atoms in total. The van der Waals surface area contributed by atoms with Crippen LogP contribution in [0.4, 0.5) is 0 Å². The third-order valence-electron chi connectivity index (χ3n) is 3.62. The first-order valence-corrected chi connectivity index (χ1v) is 7.78. The van der Waals surface area contributed by atoms with Crippen molar-refractivity contribution in [3.63, 3.8) is 0 Å². The number of aryl methyl sites for hydroxylation is 3. The Labute approximate surface area is 117 Å². The van der Waals surface area contributed by atoms with E-state index in [-0.39, 0.29) is 0 Å². The quantitative estimate of drug-likeness (QED) is 0.911. The number of hydrogen-bond donors (Lipinski definition) is 1. The third-order valence-corrected chi connectivity index (χ3v) is 4.97. The molecule has 102 valence electrons. The maximum atomic E-state index is 4.20. The van der Waals surface area contributed by atoms with Crippen LogP contribution in [0.5, 0.6) is 0 Å². The molecule has 0 saturated carbocycles. The van der Waals surface area contributed by atoms with E-state index in [2.05, 4.69) is 28.6 Å². The maximum absolute atomic E-state index is 4.20. The van der Waals surface area contributed by atoms with E-state index in [9.17, 15) is 0 Å². The highest BCUT2D eigenvalue weighted by Crippen LogP contribution is 2.34. The van der Waals surface area contributed by atoms with Crippen LogP contribution in [0.1, 0.15) is 40.4 Å². The van der Waals surface area contributed by atoms with Gasteiger partial charge in [0.2, 0.25) is 0 Å². The summed E-state index contributed by atoms with van der Waals surface area (Å²) in [7, 11) is 1.92. The van der Waals surface area contributed by atoms with Gasteiger partial charge in [-0.3, -0.25) is 4.68 Å². The summed E-state index contributed by atoms with van der Waals surface area (Å²) < 4.78 is 1.77. The average Bonchev–Trinajstić information content (AvgIpc) is 3.03. The first-order chi connectivity index (χ1) is 9.26. The van der Waals surface area contributed by atoms with E-state index in [1.165, 1.54) is 24.1 Å². The van der Waals surface area contributed by atoms with Crippen LogP contribution in [0.25, 0.3) is 0 Å². The number of rotatable bonds is 5. The molecule has 0 radical (unpaired) electrons. The highest BCUT2D eigenvalue weighted by molar-refractivity contribution is 7.12. The van der Waals surface area contributed by atoms with Crippen molar-refractivity contribution >= 4 is 11.3 Å². The molecule has 0 spiro atoms. The predicted molar refractivity (Wildman–Crippen MR) is 77.5 cm³/mol. The Balaban J connectivity index is 1.79. The molecule has 0 saturated heterocycles. The molecule has 19 heavy (non-hydrogen) atoms. The number of nitrogens with one attached hydrogen (secondary N) is 1. The molecule has 5 heteroatoms. The van der Waals surface area contributed by atoms with Gasteiger partial charge >= 0.3 is 0 Å². The van der Waals surface area contributed by atoms with E-state index in [0.29, 0.717) is 6.04 Å². The van der Waals surface area contributed by atoms with Crippen LogP contribution >= 0.6 is 11.3 Å². The largest absolute Gasteiger partial charge is 0.309 e. The monoisotopic (exact) mass is 276 g/mol. The molecular weight excluding hydrogens is 256 g/mol. The predicted octanol–water partition coefficient (Wildman–Crippen LogP) is 2.26. The van der Waals surface area contributed by atoms with Gasteiger partial charge in [-0.05, 0) is 37.4 Å². The van der Waals surface area contributed by atoms with Crippen molar-refractivity contribution < 1.29 is 0 Å². The number of hydrogen-bond acceptors (Lipinski definition) is 4. The molecule has 1 aliphatic carbocycles. The van der Waals surface area contributed by atoms with E-state index >= 15 is 0 Å². The van der Waals surface area contributed by atoms with Crippen molar-refractivity contribution in [3.8, 4) is 0 Å². The normalized spacial score (nSPS) is 15.7. The van der Waals surface area contributed by atoms with Crippen molar-refractivity contribution in [1.29, 1.82) is 0 Å². The molecular formula is C14H20N4S. The van der Waals surface area contributed by atoms with Crippen molar-refractivity contribution in [2.75, 3.05) is 6.54 Å². The molecule has 2 aromatic heterocycles. The Morgan fingerprint density at radius 1 is 1.47 bits per heavy atom. The number of nitrogens with zero attached hydrogens (tertiary/aromatic N) is 3. The van der Waals surface area contributed by atoms with Crippen LogP contribution in [-0.4, -0.2) is 21.5 Å². The van der Waals surface area contributed by atoms with Crippen LogP contribution < -0.4 is 5.32 Å². The molecule has 0 bridgehead atoms. The molecule has 2 aromatic rings. The van der Waals surface area contributed by atoms with Gasteiger partial charge in [0.25, 0.3) is 0 Å². The SMILES string of the molecule is CCNC(Cc1cn(C)nn1)c1cc2c(s1)CCC2. The molecule has 1 unspecified atom stereocenters. The lowest BCUT2D eigenvalue weighted by Crippen LogP contribution is -2.22. The minimum absolute atomic E-state index is 0.372. The van der Waals surface area contributed by atoms with Crippen molar-refractivity contribution in [2.24, 2.45) is 7.05 Å². The topological polar surface area (TPSA) is 42.7 Å². The van der Waals surface area contributed by atoms with Gasteiger partial charge in [-0.1, -0.05) is 12.1 Å². The van der Waals surface area contributed by atoms with Gasteiger partial charge in [0, 0.05) is 35.5 Å². The summed E-state index contributed by atoms with van der Waals surface area (Å²) in [5, 5.41) is 11.8. The second-order valence-corrected chi connectivity index (χ2v) is 6.32. The summed E-state index contributed by atoms with van der Waals surface area (Å²) >= 11 is 1.98. The van der Waals surface area contributed by atoms with Crippen molar-refractivity contribution in [1.82, 2.24) is 20.3 Å². The van der Waals surface area contributed by atoms with Gasteiger partial charge in [0.15, 0.2) is 0 Å². The van der Waals surface area contributed by atoms with Gasteiger partial charge in [-0.2, -0.15) is 0 Å². The number of aromatic nitrogens is 3. The summed E-state index contributed by atoms with van der Waals surface area (Å²) in [5.41, 5.74) is 2.63. The minimum atomic E-state index is 0.372. The fourth-order valence-corrected chi connectivity index (χ4v) is 4.07. The van der Waals surface area contributed by atoms with Crippen LogP contribution in [0.3, 0.4) is 0 Å². The van der Waals surface area contributed by atoms with Crippen molar-refractivity contribution in [3.05, 3.63) is 33.3 Å². The van der Waals surface area contributed by atoms with Crippen LogP contribution in [0, 0.1) is 0 Å². The molecule has 1 aliphatic rings. The zero-order chi connectivity index (χ0) is 13.2. The summed E-state index contributed by atoms with van der Waals surface area (Å²) in [6.45, 7) is 3.14. The van der Waals surface area contributed by atoms with Gasteiger partial charge in [0.05, 0.1) is 5.69 Å². The first kappa shape index (κ1) is 12.8. The number of fused-ring (bicyclic) bond motifs is 1. The zero-order valence-corrected chi connectivity index (χ0v) is 12.3. The lowest BCUT2D eigenvalue weighted by atomic mass is 10.1. The first-order valence-electron chi connectivity index (χ1n) is 6.96. The van der Waals surface area contributed by atoms with Crippen LogP contribution in [-0.2, 0) is 26.3 Å². The molecule has 1 N–H and O–H groups in total. The Morgan fingerprint density at radius 2 is 2.37 bits per heavy atom. The summed E-state index contributed by atoms with van der Waals surface area (Å²) in [5.74, 6) is 0. The standard InChI is InChI=1S/C14H20N4S/c1-3-15-12(8-11-9-18(2)17-16-11)14-7-10-5-4-6-13(10)19-14/h7,9,12,15H,3-6,8H2,1-2H3. The highest BCUT2D eigenvalue weighted by Gasteiger charge is 2.20. The van der Waals surface area contributed by atoms with E-state index < -0.39 is 0 Å². The van der Waals surface area contributed by atoms with Crippen LogP contribution in [0.15, 0.2) is 12.3 Å². The van der Waals surface area contributed by atoms with E-state index in [1.54, 1.807) is 15.1 Å². The fourth-order valence-electron chi connectivity index (χ4n) is 2.74. The van der Waals surface area contributed by atoms with Gasteiger partial charge in [-0.15, -0.1) is 16.4 Å². The molecule has 3 rings (SSSR count). The van der Waals surface area contributed by atoms with Gasteiger partial charge in [-0.25, -0.2) is 0 Å². The Kier molecular flexibility index (Phi) is 3.66. The average molecular weight is 276 g/mol. The van der Waals surface area contributed by atoms with Gasteiger partial charge < -0.3 is 5.32 Å². The minimum Gasteiger partial charge on any atom is -0.309 e. The van der Waals surface area contributed by atoms with Crippen molar-refractivity contribution in [2.45, 2.75) is 38.6 Å². The Bertz CT molecular complexity index is 536. The summed E-state index contributed by atoms with van der Waals surface area (Å²) in [6.07, 6.45) is 6.78. The summed E-state index contributed by atoms with van der Waals surface area (Å²) in [4.78, 5) is 3.05. The zero-order valence-electron chi connectivity index (χ0n) is 11.5. The highest BCUT2D eigenvalue weighted by atomic mass is 32.1.